The molecule has 0 fully saturated rings. The van der Waals surface area contributed by atoms with Crippen molar-refractivity contribution >= 4 is 11.3 Å². The van der Waals surface area contributed by atoms with Crippen molar-refractivity contribution in [3.8, 4) is 5.75 Å². The zero-order valence-electron chi connectivity index (χ0n) is 12.3. The number of hydrogen-bond donors (Lipinski definition) is 1. The smallest absolute Gasteiger partial charge is 0.134 e. The van der Waals surface area contributed by atoms with Gasteiger partial charge in [0.15, 0.2) is 0 Å². The summed E-state index contributed by atoms with van der Waals surface area (Å²) in [6.45, 7) is 6.14. The normalized spacial score (nSPS) is 12.6. The molecule has 1 atom stereocenters. The Hall–Kier alpha value is -1.40. The van der Waals surface area contributed by atoms with Crippen molar-refractivity contribution in [2.75, 3.05) is 13.7 Å². The van der Waals surface area contributed by atoms with E-state index >= 15 is 0 Å². The predicted molar refractivity (Wildman–Crippen MR) is 81.3 cm³/mol. The van der Waals surface area contributed by atoms with Crippen LogP contribution >= 0.6 is 11.3 Å². The predicted octanol–water partition coefficient (Wildman–Crippen LogP) is 2.85. The van der Waals surface area contributed by atoms with Crippen LogP contribution in [0.1, 0.15) is 43.3 Å². The molecule has 2 rings (SSSR count). The van der Waals surface area contributed by atoms with Crippen molar-refractivity contribution < 1.29 is 4.74 Å². The van der Waals surface area contributed by atoms with Crippen LogP contribution in [0.25, 0.3) is 0 Å². The lowest BCUT2D eigenvalue weighted by atomic mass is 10.1. The first-order valence-corrected chi connectivity index (χ1v) is 7.92. The molecule has 2 heterocycles. The van der Waals surface area contributed by atoms with Crippen LogP contribution in [-0.2, 0) is 6.54 Å². The highest BCUT2D eigenvalue weighted by molar-refractivity contribution is 7.10. The quantitative estimate of drug-likeness (QED) is 0.813. The first-order valence-electron chi connectivity index (χ1n) is 7.04. The number of ether oxygens (including phenoxy) is 1. The largest absolute Gasteiger partial charge is 0.496 e. The van der Waals surface area contributed by atoms with Crippen LogP contribution in [0.15, 0.2) is 17.6 Å². The molecule has 0 aliphatic carbocycles. The van der Waals surface area contributed by atoms with Crippen LogP contribution in [-0.4, -0.2) is 28.6 Å². The topological polar surface area (TPSA) is 52.0 Å². The summed E-state index contributed by atoms with van der Waals surface area (Å²) in [4.78, 5) is 1.18. The van der Waals surface area contributed by atoms with E-state index in [1.165, 1.54) is 4.88 Å². The van der Waals surface area contributed by atoms with E-state index in [0.717, 1.165) is 37.4 Å². The Morgan fingerprint density at radius 3 is 2.95 bits per heavy atom. The van der Waals surface area contributed by atoms with E-state index < -0.39 is 0 Å². The Bertz CT molecular complexity index is 523. The molecule has 2 aromatic heterocycles. The summed E-state index contributed by atoms with van der Waals surface area (Å²) in [7, 11) is 1.71. The van der Waals surface area contributed by atoms with Crippen molar-refractivity contribution in [1.82, 2.24) is 20.3 Å². The van der Waals surface area contributed by atoms with E-state index in [9.17, 15) is 0 Å². The van der Waals surface area contributed by atoms with Crippen LogP contribution in [0.3, 0.4) is 0 Å². The lowest BCUT2D eigenvalue weighted by molar-refractivity contribution is 0.404. The van der Waals surface area contributed by atoms with Gasteiger partial charge in [-0.2, -0.15) is 0 Å². The van der Waals surface area contributed by atoms with Crippen molar-refractivity contribution in [2.45, 2.75) is 39.3 Å². The summed E-state index contributed by atoms with van der Waals surface area (Å²) in [6.07, 6.45) is 3.97. The molecule has 0 bridgehead atoms. The molecular weight excluding hydrogens is 272 g/mol. The zero-order valence-corrected chi connectivity index (χ0v) is 13.1. The van der Waals surface area contributed by atoms with Gasteiger partial charge in [0, 0.05) is 6.54 Å². The minimum absolute atomic E-state index is 0.0893. The minimum Gasteiger partial charge on any atom is -0.496 e. The average Bonchev–Trinajstić information content (AvgIpc) is 3.09. The molecule has 1 unspecified atom stereocenters. The number of aryl methyl sites for hydroxylation is 1. The fourth-order valence-electron chi connectivity index (χ4n) is 2.18. The number of hydrogen-bond acceptors (Lipinski definition) is 5. The molecule has 0 saturated heterocycles. The fourth-order valence-corrected chi connectivity index (χ4v) is 3.13. The third-order valence-electron chi connectivity index (χ3n) is 3.12. The summed E-state index contributed by atoms with van der Waals surface area (Å²) in [5.74, 6) is 0.924. The van der Waals surface area contributed by atoms with Gasteiger partial charge in [0.05, 0.1) is 29.9 Å². The van der Waals surface area contributed by atoms with E-state index in [0.29, 0.717) is 0 Å². The van der Waals surface area contributed by atoms with E-state index in [4.69, 9.17) is 4.74 Å². The maximum atomic E-state index is 5.46. The summed E-state index contributed by atoms with van der Waals surface area (Å²) >= 11 is 1.70. The Kier molecular flexibility index (Phi) is 5.55. The number of rotatable bonds is 8. The van der Waals surface area contributed by atoms with Crippen LogP contribution in [0.2, 0.25) is 0 Å². The second-order valence-corrected chi connectivity index (χ2v) is 5.57. The van der Waals surface area contributed by atoms with Crippen LogP contribution in [0.4, 0.5) is 0 Å². The lowest BCUT2D eigenvalue weighted by Gasteiger charge is -2.19. The molecular formula is C14H22N4OS. The summed E-state index contributed by atoms with van der Waals surface area (Å²) in [6, 6.07) is 2.10. The first kappa shape index (κ1) is 15.0. The lowest BCUT2D eigenvalue weighted by Crippen LogP contribution is -2.25. The standard InChI is InChI=1S/C14H22N4OS/c1-4-7-15-13(14-12(19-3)6-9-20-14)11-10-16-17-18(11)8-5-2/h6,9-10,13,15H,4-5,7-8H2,1-3H3. The maximum absolute atomic E-state index is 5.46. The molecule has 0 aliphatic heterocycles. The summed E-state index contributed by atoms with van der Waals surface area (Å²) in [5, 5.41) is 13.9. The fraction of sp³-hybridized carbons (Fsp3) is 0.571. The summed E-state index contributed by atoms with van der Waals surface area (Å²) in [5.41, 5.74) is 1.10. The van der Waals surface area contributed by atoms with Crippen molar-refractivity contribution in [1.29, 1.82) is 0 Å². The number of aromatic nitrogens is 3. The van der Waals surface area contributed by atoms with Gasteiger partial charge in [-0.05, 0) is 30.8 Å². The Balaban J connectivity index is 2.34. The third kappa shape index (κ3) is 3.19. The number of thiophene rings is 1. The van der Waals surface area contributed by atoms with E-state index in [1.54, 1.807) is 18.4 Å². The molecule has 0 saturated carbocycles. The molecule has 6 heteroatoms. The second kappa shape index (κ2) is 7.40. The first-order chi connectivity index (χ1) is 9.81. The van der Waals surface area contributed by atoms with Gasteiger partial charge in [-0.1, -0.05) is 19.1 Å². The summed E-state index contributed by atoms with van der Waals surface area (Å²) < 4.78 is 7.44. The molecule has 5 nitrogen and oxygen atoms in total. The minimum atomic E-state index is 0.0893. The van der Waals surface area contributed by atoms with Gasteiger partial charge in [-0.25, -0.2) is 4.68 Å². The molecule has 20 heavy (non-hydrogen) atoms. The van der Waals surface area contributed by atoms with Crippen LogP contribution in [0.5, 0.6) is 5.75 Å². The molecule has 110 valence electrons. The van der Waals surface area contributed by atoms with Gasteiger partial charge in [-0.15, -0.1) is 16.4 Å². The highest BCUT2D eigenvalue weighted by Crippen LogP contribution is 2.34. The van der Waals surface area contributed by atoms with Gasteiger partial charge in [0.1, 0.15) is 5.75 Å². The average molecular weight is 294 g/mol. The Morgan fingerprint density at radius 1 is 1.40 bits per heavy atom. The van der Waals surface area contributed by atoms with E-state index in [2.05, 4.69) is 34.9 Å². The second-order valence-electron chi connectivity index (χ2n) is 4.62. The maximum Gasteiger partial charge on any atom is 0.134 e. The van der Waals surface area contributed by atoms with Gasteiger partial charge in [0.2, 0.25) is 0 Å². The SMILES string of the molecule is CCCNC(c1sccc1OC)c1cnnn1CCC. The van der Waals surface area contributed by atoms with Crippen molar-refractivity contribution in [3.05, 3.63) is 28.2 Å². The number of methoxy groups -OCH3 is 1. The highest BCUT2D eigenvalue weighted by atomic mass is 32.1. The Morgan fingerprint density at radius 2 is 2.25 bits per heavy atom. The zero-order chi connectivity index (χ0) is 14.4. The monoisotopic (exact) mass is 294 g/mol. The molecule has 2 aromatic rings. The van der Waals surface area contributed by atoms with Crippen molar-refractivity contribution in [2.24, 2.45) is 0 Å². The third-order valence-corrected chi connectivity index (χ3v) is 4.08. The highest BCUT2D eigenvalue weighted by Gasteiger charge is 2.23. The van der Waals surface area contributed by atoms with Gasteiger partial charge in [0.25, 0.3) is 0 Å². The van der Waals surface area contributed by atoms with E-state index in [-0.39, 0.29) is 6.04 Å². The number of nitrogens with one attached hydrogen (secondary N) is 1. The van der Waals surface area contributed by atoms with Gasteiger partial charge < -0.3 is 10.1 Å². The number of nitrogens with zero attached hydrogens (tertiary/aromatic N) is 3. The Labute approximate surface area is 124 Å². The molecule has 1 N–H and O–H groups in total. The van der Waals surface area contributed by atoms with E-state index in [1.807, 2.05) is 16.9 Å². The van der Waals surface area contributed by atoms with Crippen LogP contribution in [0, 0.1) is 0 Å². The van der Waals surface area contributed by atoms with Gasteiger partial charge >= 0.3 is 0 Å². The molecule has 0 radical (unpaired) electrons. The van der Waals surface area contributed by atoms with Crippen LogP contribution < -0.4 is 10.1 Å². The van der Waals surface area contributed by atoms with Gasteiger partial charge in [-0.3, -0.25) is 0 Å². The molecule has 0 aliphatic rings. The molecule has 0 spiro atoms. The van der Waals surface area contributed by atoms with Crippen molar-refractivity contribution in [3.63, 3.8) is 0 Å². The molecule has 0 aromatic carbocycles. The molecule has 0 amide bonds.